The third-order valence-corrected chi connectivity index (χ3v) is 2.29. The first-order valence-electron chi connectivity index (χ1n) is 4.82. The molecule has 0 aliphatic rings. The molecule has 0 aliphatic carbocycles. The summed E-state index contributed by atoms with van der Waals surface area (Å²) in [7, 11) is 0. The van der Waals surface area contributed by atoms with Crippen LogP contribution in [0.15, 0.2) is 23.4 Å². The molecule has 1 aromatic carbocycles. The molecule has 6 nitrogen and oxygen atoms in total. The SMILES string of the molecule is Cc1cc2[nH]ncc2cc1NN=C(C#N)C#N. The van der Waals surface area contributed by atoms with E-state index in [1.54, 1.807) is 18.3 Å². The molecular formula is C11H8N6. The van der Waals surface area contributed by atoms with Crippen molar-refractivity contribution in [2.24, 2.45) is 5.10 Å². The van der Waals surface area contributed by atoms with Crippen molar-refractivity contribution in [3.8, 4) is 12.1 Å². The number of nitrogens with zero attached hydrogens (tertiary/aromatic N) is 4. The van der Waals surface area contributed by atoms with Crippen LogP contribution in [0.1, 0.15) is 5.56 Å². The van der Waals surface area contributed by atoms with Crippen molar-refractivity contribution in [1.29, 1.82) is 10.5 Å². The second-order valence-corrected chi connectivity index (χ2v) is 3.42. The number of hydrogen-bond donors (Lipinski definition) is 2. The van der Waals surface area contributed by atoms with Crippen LogP contribution in [0.5, 0.6) is 0 Å². The third kappa shape index (κ3) is 2.06. The summed E-state index contributed by atoms with van der Waals surface area (Å²) in [6.07, 6.45) is 1.69. The maximum atomic E-state index is 8.55. The van der Waals surface area contributed by atoms with Crippen molar-refractivity contribution >= 4 is 22.3 Å². The summed E-state index contributed by atoms with van der Waals surface area (Å²) in [6, 6.07) is 7.13. The van der Waals surface area contributed by atoms with Gasteiger partial charge < -0.3 is 0 Å². The van der Waals surface area contributed by atoms with E-state index in [0.717, 1.165) is 22.2 Å². The molecule has 0 saturated carbocycles. The van der Waals surface area contributed by atoms with Gasteiger partial charge in [0.2, 0.25) is 5.71 Å². The molecule has 6 heteroatoms. The van der Waals surface area contributed by atoms with E-state index in [0.29, 0.717) is 0 Å². The number of nitrogens with one attached hydrogen (secondary N) is 2. The van der Waals surface area contributed by atoms with Crippen molar-refractivity contribution in [3.05, 3.63) is 23.9 Å². The van der Waals surface area contributed by atoms with Crippen molar-refractivity contribution in [2.75, 3.05) is 5.43 Å². The number of aromatic nitrogens is 2. The molecule has 0 bridgehead atoms. The van der Waals surface area contributed by atoms with E-state index in [-0.39, 0.29) is 5.71 Å². The fourth-order valence-electron chi connectivity index (χ4n) is 1.41. The first-order valence-corrected chi connectivity index (χ1v) is 4.82. The maximum Gasteiger partial charge on any atom is 0.237 e. The standard InChI is InChI=1S/C11H8N6/c1-7-2-11-8(6-14-16-11)3-10(7)17-15-9(4-12)5-13/h2-3,6,17H,1H3,(H,14,16). The van der Waals surface area contributed by atoms with Crippen molar-refractivity contribution in [3.63, 3.8) is 0 Å². The fourth-order valence-corrected chi connectivity index (χ4v) is 1.41. The van der Waals surface area contributed by atoms with Gasteiger partial charge in [-0.05, 0) is 24.6 Å². The first-order chi connectivity index (χ1) is 8.24. The largest absolute Gasteiger partial charge is 0.278 e. The van der Waals surface area contributed by atoms with Gasteiger partial charge in [-0.25, -0.2) is 0 Å². The molecule has 0 unspecified atom stereocenters. The lowest BCUT2D eigenvalue weighted by Crippen LogP contribution is -1.97. The highest BCUT2D eigenvalue weighted by Crippen LogP contribution is 2.21. The molecule has 0 amide bonds. The normalized spacial score (nSPS) is 9.35. The molecule has 0 fully saturated rings. The first kappa shape index (κ1) is 10.7. The average molecular weight is 224 g/mol. The van der Waals surface area contributed by atoms with E-state index >= 15 is 0 Å². The van der Waals surface area contributed by atoms with E-state index in [9.17, 15) is 0 Å². The summed E-state index contributed by atoms with van der Waals surface area (Å²) in [4.78, 5) is 0. The zero-order valence-electron chi connectivity index (χ0n) is 9.02. The Morgan fingerprint density at radius 2 is 2.18 bits per heavy atom. The van der Waals surface area contributed by atoms with Gasteiger partial charge in [0.25, 0.3) is 0 Å². The molecule has 0 aliphatic heterocycles. The van der Waals surface area contributed by atoms with E-state index in [4.69, 9.17) is 10.5 Å². The number of H-pyrrole nitrogens is 1. The lowest BCUT2D eigenvalue weighted by molar-refractivity contribution is 1.12. The number of hydrazone groups is 1. The minimum Gasteiger partial charge on any atom is -0.278 e. The summed E-state index contributed by atoms with van der Waals surface area (Å²) >= 11 is 0. The zero-order chi connectivity index (χ0) is 12.3. The van der Waals surface area contributed by atoms with Crippen molar-refractivity contribution < 1.29 is 0 Å². The molecule has 2 N–H and O–H groups in total. The predicted octanol–water partition coefficient (Wildman–Crippen LogP) is 1.69. The van der Waals surface area contributed by atoms with Gasteiger partial charge in [-0.1, -0.05) is 0 Å². The van der Waals surface area contributed by atoms with Crippen LogP contribution in [0.25, 0.3) is 10.9 Å². The summed E-state index contributed by atoms with van der Waals surface area (Å²) < 4.78 is 0. The van der Waals surface area contributed by atoms with E-state index in [1.807, 2.05) is 19.1 Å². The molecule has 1 heterocycles. The minimum absolute atomic E-state index is 0.211. The van der Waals surface area contributed by atoms with Crippen LogP contribution in [-0.2, 0) is 0 Å². The number of benzene rings is 1. The Morgan fingerprint density at radius 3 is 2.88 bits per heavy atom. The lowest BCUT2D eigenvalue weighted by atomic mass is 10.1. The van der Waals surface area contributed by atoms with Crippen LogP contribution in [-0.4, -0.2) is 15.9 Å². The Morgan fingerprint density at radius 1 is 1.41 bits per heavy atom. The van der Waals surface area contributed by atoms with Crippen molar-refractivity contribution in [2.45, 2.75) is 6.92 Å². The van der Waals surface area contributed by atoms with Crippen LogP contribution in [0.2, 0.25) is 0 Å². The van der Waals surface area contributed by atoms with Crippen LogP contribution in [0, 0.1) is 29.6 Å². The van der Waals surface area contributed by atoms with Crippen LogP contribution >= 0.6 is 0 Å². The van der Waals surface area contributed by atoms with Gasteiger partial charge in [-0.2, -0.15) is 20.7 Å². The summed E-state index contributed by atoms with van der Waals surface area (Å²) in [5, 5.41) is 28.5. The van der Waals surface area contributed by atoms with Gasteiger partial charge in [0.1, 0.15) is 12.1 Å². The van der Waals surface area contributed by atoms with Gasteiger partial charge in [0.15, 0.2) is 0 Å². The number of aromatic amines is 1. The van der Waals surface area contributed by atoms with E-state index < -0.39 is 0 Å². The quantitative estimate of drug-likeness (QED) is 0.598. The average Bonchev–Trinajstić information content (AvgIpc) is 2.77. The Hall–Kier alpha value is -2.86. The lowest BCUT2D eigenvalue weighted by Gasteiger charge is -2.04. The molecule has 17 heavy (non-hydrogen) atoms. The maximum absolute atomic E-state index is 8.55. The van der Waals surface area contributed by atoms with Crippen LogP contribution < -0.4 is 5.43 Å². The van der Waals surface area contributed by atoms with Gasteiger partial charge in [0.05, 0.1) is 17.4 Å². The molecular weight excluding hydrogens is 216 g/mol. The number of nitriles is 2. The molecule has 82 valence electrons. The number of rotatable bonds is 2. The van der Waals surface area contributed by atoms with Crippen LogP contribution in [0.3, 0.4) is 0 Å². The molecule has 1 aromatic heterocycles. The van der Waals surface area contributed by atoms with Gasteiger partial charge in [0, 0.05) is 5.39 Å². The second kappa shape index (κ2) is 4.33. The van der Waals surface area contributed by atoms with Crippen LogP contribution in [0.4, 0.5) is 5.69 Å². The molecule has 0 atom stereocenters. The number of anilines is 1. The predicted molar refractivity (Wildman–Crippen MR) is 63.1 cm³/mol. The summed E-state index contributed by atoms with van der Waals surface area (Å²) in [5.74, 6) is 0. The molecule has 0 radical (unpaired) electrons. The van der Waals surface area contributed by atoms with Gasteiger partial charge in [-0.3, -0.25) is 10.5 Å². The van der Waals surface area contributed by atoms with Gasteiger partial charge in [-0.15, -0.1) is 0 Å². The molecule has 2 aromatic rings. The minimum atomic E-state index is -0.211. The second-order valence-electron chi connectivity index (χ2n) is 3.42. The zero-order valence-corrected chi connectivity index (χ0v) is 9.02. The number of fused-ring (bicyclic) bond motifs is 1. The molecule has 2 rings (SSSR count). The Bertz CT molecular complexity index is 651. The van der Waals surface area contributed by atoms with Crippen molar-refractivity contribution in [1.82, 2.24) is 10.2 Å². The van der Waals surface area contributed by atoms with E-state index in [2.05, 4.69) is 20.7 Å². The molecule has 0 spiro atoms. The topological polar surface area (TPSA) is 101 Å². The van der Waals surface area contributed by atoms with E-state index in [1.165, 1.54) is 0 Å². The Labute approximate surface area is 97.2 Å². The molecule has 0 saturated heterocycles. The number of hydrogen-bond acceptors (Lipinski definition) is 5. The fraction of sp³-hybridized carbons (Fsp3) is 0.0909. The third-order valence-electron chi connectivity index (χ3n) is 2.29. The number of aryl methyl sites for hydroxylation is 1. The highest BCUT2D eigenvalue weighted by Gasteiger charge is 2.02. The summed E-state index contributed by atoms with van der Waals surface area (Å²) in [5.41, 5.74) is 5.10. The summed E-state index contributed by atoms with van der Waals surface area (Å²) in [6.45, 7) is 1.90. The Kier molecular flexibility index (Phi) is 2.71. The highest BCUT2D eigenvalue weighted by molar-refractivity contribution is 6.10. The highest BCUT2D eigenvalue weighted by atomic mass is 15.3. The van der Waals surface area contributed by atoms with Gasteiger partial charge >= 0.3 is 0 Å². The Balaban J connectivity index is 2.37. The smallest absolute Gasteiger partial charge is 0.237 e. The monoisotopic (exact) mass is 224 g/mol.